The van der Waals surface area contributed by atoms with Crippen molar-refractivity contribution in [3.8, 4) is 5.75 Å². The van der Waals surface area contributed by atoms with E-state index in [4.69, 9.17) is 4.74 Å². The first-order chi connectivity index (χ1) is 12.1. The second-order valence-corrected chi connectivity index (χ2v) is 6.67. The molecule has 3 saturated heterocycles. The molecule has 1 aromatic carbocycles. The monoisotopic (exact) mass is 350 g/mol. The second-order valence-electron chi connectivity index (χ2n) is 6.67. The molecule has 6 nitrogen and oxygen atoms in total. The lowest BCUT2D eigenvalue weighted by Crippen LogP contribution is -2.57. The highest BCUT2D eigenvalue weighted by Gasteiger charge is 2.35. The van der Waals surface area contributed by atoms with E-state index in [0.717, 1.165) is 32.5 Å². The summed E-state index contributed by atoms with van der Waals surface area (Å²) in [4.78, 5) is 15.0. The number of alkyl halides is 2. The van der Waals surface area contributed by atoms with E-state index in [1.165, 1.54) is 13.2 Å². The minimum atomic E-state index is -2.83. The third-order valence-electron chi connectivity index (χ3n) is 5.29. The van der Waals surface area contributed by atoms with E-state index < -0.39 is 12.5 Å². The number of nitrogens with one attached hydrogen (secondary N) is 1. The Morgan fingerprint density at radius 1 is 1.36 bits per heavy atom. The number of methoxy groups -OCH3 is 1. The molecule has 1 aromatic heterocycles. The lowest BCUT2D eigenvalue weighted by molar-refractivity contribution is 0.0578. The summed E-state index contributed by atoms with van der Waals surface area (Å²) in [5.74, 6) is 0.504. The second kappa shape index (κ2) is 6.25. The zero-order valence-electron chi connectivity index (χ0n) is 13.9. The van der Waals surface area contributed by atoms with E-state index in [2.05, 4.69) is 15.3 Å². The summed E-state index contributed by atoms with van der Waals surface area (Å²) in [7, 11) is 1.46. The molecule has 2 bridgehead atoms. The molecule has 5 rings (SSSR count). The molecule has 0 spiro atoms. The highest BCUT2D eigenvalue weighted by Crippen LogP contribution is 2.30. The van der Waals surface area contributed by atoms with Gasteiger partial charge in [0.05, 0.1) is 12.6 Å². The molecule has 0 unspecified atom stereocenters. The van der Waals surface area contributed by atoms with Gasteiger partial charge in [0.2, 0.25) is 0 Å². The molecule has 3 fully saturated rings. The van der Waals surface area contributed by atoms with Gasteiger partial charge in [-0.1, -0.05) is 0 Å². The number of halogens is 2. The molecule has 2 aromatic rings. The highest BCUT2D eigenvalue weighted by atomic mass is 19.3. The smallest absolute Gasteiger partial charge is 0.333 e. The number of rotatable bonds is 4. The van der Waals surface area contributed by atoms with Crippen LogP contribution >= 0.6 is 0 Å². The Labute approximate surface area is 143 Å². The van der Waals surface area contributed by atoms with Gasteiger partial charge in [0.25, 0.3) is 5.91 Å². The Kier molecular flexibility index (Phi) is 4.07. The van der Waals surface area contributed by atoms with Crippen molar-refractivity contribution >= 4 is 16.8 Å². The third-order valence-corrected chi connectivity index (χ3v) is 5.29. The normalized spacial score (nSPS) is 25.5. The molecule has 8 heteroatoms. The van der Waals surface area contributed by atoms with Crippen molar-refractivity contribution in [2.75, 3.05) is 26.7 Å². The number of nitrogens with zero attached hydrogens (tertiary/aromatic N) is 3. The molecule has 0 aliphatic carbocycles. The van der Waals surface area contributed by atoms with Gasteiger partial charge in [-0.15, -0.1) is 0 Å². The summed E-state index contributed by atoms with van der Waals surface area (Å²) >= 11 is 0. The first-order valence-electron chi connectivity index (χ1n) is 8.44. The molecule has 25 heavy (non-hydrogen) atoms. The van der Waals surface area contributed by atoms with Gasteiger partial charge in [-0.05, 0) is 44.0 Å². The quantitative estimate of drug-likeness (QED) is 0.919. The van der Waals surface area contributed by atoms with Crippen LogP contribution in [0, 0.1) is 5.92 Å². The first-order valence-corrected chi connectivity index (χ1v) is 8.44. The largest absolute Gasteiger partial charge is 0.497 e. The molecule has 1 amide bonds. The topological polar surface area (TPSA) is 59.4 Å². The van der Waals surface area contributed by atoms with Crippen LogP contribution in [-0.4, -0.2) is 53.4 Å². The zero-order chi connectivity index (χ0) is 17.6. The van der Waals surface area contributed by atoms with Gasteiger partial charge in [-0.3, -0.25) is 4.79 Å². The van der Waals surface area contributed by atoms with Gasteiger partial charge in [-0.2, -0.15) is 13.9 Å². The maximum Gasteiger partial charge on any atom is 0.333 e. The first kappa shape index (κ1) is 16.3. The fourth-order valence-electron chi connectivity index (χ4n) is 3.93. The van der Waals surface area contributed by atoms with E-state index >= 15 is 0 Å². The van der Waals surface area contributed by atoms with Crippen LogP contribution in [0.5, 0.6) is 5.75 Å². The fourth-order valence-corrected chi connectivity index (χ4v) is 3.93. The molecule has 0 saturated carbocycles. The van der Waals surface area contributed by atoms with Crippen LogP contribution in [0.2, 0.25) is 0 Å². The van der Waals surface area contributed by atoms with Crippen LogP contribution in [0.25, 0.3) is 10.9 Å². The number of fused-ring (bicyclic) bond motifs is 4. The fraction of sp³-hybridized carbons (Fsp3) is 0.529. The van der Waals surface area contributed by atoms with Gasteiger partial charge in [0.1, 0.15) is 5.75 Å². The molecule has 4 heterocycles. The molecule has 1 N–H and O–H groups in total. The SMILES string of the molecule is COc1ccc2c(C(=O)N[C@@H]3CN4CCC3CC4)nn(C(F)F)c2c1. The number of piperidine rings is 3. The average Bonchev–Trinajstić information content (AvgIpc) is 3.01. The van der Waals surface area contributed by atoms with Crippen molar-refractivity contribution in [3.63, 3.8) is 0 Å². The van der Waals surface area contributed by atoms with Crippen LogP contribution < -0.4 is 10.1 Å². The van der Waals surface area contributed by atoms with Gasteiger partial charge < -0.3 is 15.0 Å². The van der Waals surface area contributed by atoms with E-state index in [-0.39, 0.29) is 17.3 Å². The van der Waals surface area contributed by atoms with Crippen LogP contribution in [0.3, 0.4) is 0 Å². The maximum absolute atomic E-state index is 13.3. The lowest BCUT2D eigenvalue weighted by atomic mass is 9.84. The number of hydrogen-bond acceptors (Lipinski definition) is 4. The van der Waals surface area contributed by atoms with Crippen molar-refractivity contribution in [2.45, 2.75) is 25.4 Å². The molecule has 134 valence electrons. The Morgan fingerprint density at radius 2 is 2.12 bits per heavy atom. The molecule has 1 atom stereocenters. The lowest BCUT2D eigenvalue weighted by Gasteiger charge is -2.44. The van der Waals surface area contributed by atoms with E-state index in [1.807, 2.05) is 0 Å². The van der Waals surface area contributed by atoms with Gasteiger partial charge in [0.15, 0.2) is 5.69 Å². The van der Waals surface area contributed by atoms with Crippen molar-refractivity contribution in [1.29, 1.82) is 0 Å². The molecular formula is C17H20F2N4O2. The van der Waals surface area contributed by atoms with Gasteiger partial charge in [0, 0.05) is 24.0 Å². The van der Waals surface area contributed by atoms with Gasteiger partial charge in [-0.25, -0.2) is 4.68 Å². The number of carbonyl (C=O) groups is 1. The number of hydrogen-bond donors (Lipinski definition) is 1. The summed E-state index contributed by atoms with van der Waals surface area (Å²) in [5, 5.41) is 7.29. The van der Waals surface area contributed by atoms with Crippen LogP contribution in [0.15, 0.2) is 18.2 Å². The average molecular weight is 350 g/mol. The van der Waals surface area contributed by atoms with Crippen LogP contribution in [0.1, 0.15) is 29.9 Å². The van der Waals surface area contributed by atoms with E-state index in [0.29, 0.717) is 21.7 Å². The molecule has 3 aliphatic heterocycles. The third kappa shape index (κ3) is 2.84. The van der Waals surface area contributed by atoms with Crippen LogP contribution in [0.4, 0.5) is 8.78 Å². The molecule has 3 aliphatic rings. The van der Waals surface area contributed by atoms with Crippen LogP contribution in [-0.2, 0) is 0 Å². The Balaban J connectivity index is 1.65. The summed E-state index contributed by atoms with van der Waals surface area (Å²) in [6, 6.07) is 4.77. The van der Waals surface area contributed by atoms with Crippen molar-refractivity contribution in [3.05, 3.63) is 23.9 Å². The minimum absolute atomic E-state index is 0.0365. The number of carbonyl (C=O) groups excluding carboxylic acids is 1. The molecule has 0 radical (unpaired) electrons. The van der Waals surface area contributed by atoms with Crippen molar-refractivity contribution in [2.24, 2.45) is 5.92 Å². The number of amides is 1. The number of aromatic nitrogens is 2. The van der Waals surface area contributed by atoms with Gasteiger partial charge >= 0.3 is 6.55 Å². The summed E-state index contributed by atoms with van der Waals surface area (Å²) in [6.07, 6.45) is 2.13. The van der Waals surface area contributed by atoms with Crippen molar-refractivity contribution < 1.29 is 18.3 Å². The number of ether oxygens (including phenoxy) is 1. The highest BCUT2D eigenvalue weighted by molar-refractivity contribution is 6.05. The Hall–Kier alpha value is -2.22. The maximum atomic E-state index is 13.3. The number of benzene rings is 1. The minimum Gasteiger partial charge on any atom is -0.497 e. The van der Waals surface area contributed by atoms with Crippen molar-refractivity contribution in [1.82, 2.24) is 20.0 Å². The Morgan fingerprint density at radius 3 is 2.72 bits per heavy atom. The summed E-state index contributed by atoms with van der Waals surface area (Å²) < 4.78 is 32.3. The zero-order valence-corrected chi connectivity index (χ0v) is 13.9. The van der Waals surface area contributed by atoms with E-state index in [1.54, 1.807) is 12.1 Å². The summed E-state index contributed by atoms with van der Waals surface area (Å²) in [6.45, 7) is 0.130. The van der Waals surface area contributed by atoms with E-state index in [9.17, 15) is 13.6 Å². The summed E-state index contributed by atoms with van der Waals surface area (Å²) in [5.41, 5.74) is 0.225. The molecular weight excluding hydrogens is 330 g/mol. The Bertz CT molecular complexity index is 799. The predicted octanol–water partition coefficient (Wildman–Crippen LogP) is 2.26. The standard InChI is InChI=1S/C17H20F2N4O2/c1-25-11-2-3-12-14(8-11)23(17(18)19)21-15(12)16(24)20-13-9-22-6-4-10(13)5-7-22/h2-3,8,10,13,17H,4-7,9H2,1H3,(H,20,24)/t13-/m1/s1. The predicted molar refractivity (Wildman–Crippen MR) is 88.0 cm³/mol.